The summed E-state index contributed by atoms with van der Waals surface area (Å²) >= 11 is 0. The minimum Gasteiger partial charge on any atom is -0.353 e. The first-order chi connectivity index (χ1) is 10.2. The van der Waals surface area contributed by atoms with Crippen molar-refractivity contribution in [2.75, 3.05) is 18.0 Å². The molecule has 2 fully saturated rings. The lowest BCUT2D eigenvalue weighted by Gasteiger charge is -2.32. The van der Waals surface area contributed by atoms with Crippen molar-refractivity contribution in [3.63, 3.8) is 0 Å². The van der Waals surface area contributed by atoms with Crippen LogP contribution in [0.4, 0.5) is 5.82 Å². The van der Waals surface area contributed by atoms with Crippen LogP contribution < -0.4 is 10.2 Å². The predicted octanol–water partition coefficient (Wildman–Crippen LogP) is 3.60. The Kier molecular flexibility index (Phi) is 4.79. The molecular formula is C18H29N3. The second-order valence-corrected chi connectivity index (χ2v) is 7.14. The lowest BCUT2D eigenvalue weighted by Crippen LogP contribution is -2.35. The highest BCUT2D eigenvalue weighted by Crippen LogP contribution is 2.38. The van der Waals surface area contributed by atoms with Gasteiger partial charge in [-0.3, -0.25) is 0 Å². The highest BCUT2D eigenvalue weighted by Gasteiger charge is 2.36. The number of nitrogens with one attached hydrogen (secondary N) is 1. The van der Waals surface area contributed by atoms with Gasteiger partial charge in [-0.2, -0.15) is 0 Å². The van der Waals surface area contributed by atoms with Gasteiger partial charge < -0.3 is 10.2 Å². The number of nitrogens with zero attached hydrogens (tertiary/aromatic N) is 2. The summed E-state index contributed by atoms with van der Waals surface area (Å²) in [7, 11) is 0. The maximum absolute atomic E-state index is 4.74. The van der Waals surface area contributed by atoms with Crippen molar-refractivity contribution in [1.29, 1.82) is 0 Å². The van der Waals surface area contributed by atoms with Gasteiger partial charge in [0.05, 0.1) is 0 Å². The summed E-state index contributed by atoms with van der Waals surface area (Å²) in [5.41, 5.74) is 1.29. The minimum absolute atomic E-state index is 0.699. The highest BCUT2D eigenvalue weighted by molar-refractivity contribution is 5.42. The molecule has 116 valence electrons. The molecular weight excluding hydrogens is 258 g/mol. The van der Waals surface area contributed by atoms with Crippen LogP contribution in [0.15, 0.2) is 18.3 Å². The maximum Gasteiger partial charge on any atom is 0.128 e. The second kappa shape index (κ2) is 6.78. The molecule has 3 rings (SSSR count). The van der Waals surface area contributed by atoms with E-state index in [1.807, 2.05) is 0 Å². The van der Waals surface area contributed by atoms with Gasteiger partial charge in [0.2, 0.25) is 0 Å². The predicted molar refractivity (Wildman–Crippen MR) is 88.5 cm³/mol. The van der Waals surface area contributed by atoms with Crippen LogP contribution in [0.1, 0.15) is 51.5 Å². The molecule has 1 aromatic rings. The Morgan fingerprint density at radius 2 is 2.10 bits per heavy atom. The van der Waals surface area contributed by atoms with Crippen LogP contribution in [0.25, 0.3) is 0 Å². The molecule has 1 aromatic heterocycles. The Morgan fingerprint density at radius 1 is 1.24 bits per heavy atom. The molecule has 21 heavy (non-hydrogen) atoms. The fourth-order valence-electron chi connectivity index (χ4n) is 3.89. The molecule has 2 heterocycles. The monoisotopic (exact) mass is 287 g/mol. The average Bonchev–Trinajstić information content (AvgIpc) is 2.92. The molecule has 2 atom stereocenters. The first-order valence-electron chi connectivity index (χ1n) is 8.66. The third-order valence-electron chi connectivity index (χ3n) is 5.00. The fourth-order valence-corrected chi connectivity index (χ4v) is 3.89. The topological polar surface area (TPSA) is 28.2 Å². The van der Waals surface area contributed by atoms with Crippen LogP contribution in [-0.4, -0.2) is 24.1 Å². The van der Waals surface area contributed by atoms with Gasteiger partial charge in [-0.1, -0.05) is 32.8 Å². The average molecular weight is 287 g/mol. The van der Waals surface area contributed by atoms with E-state index in [9.17, 15) is 0 Å². The van der Waals surface area contributed by atoms with E-state index < -0.39 is 0 Å². The van der Waals surface area contributed by atoms with Gasteiger partial charge in [0.15, 0.2) is 0 Å². The number of hydrogen-bond donors (Lipinski definition) is 1. The molecule has 3 nitrogen and oxygen atoms in total. The molecule has 1 aliphatic carbocycles. The lowest BCUT2D eigenvalue weighted by atomic mass is 9.85. The first-order valence-corrected chi connectivity index (χ1v) is 8.66. The number of pyridine rings is 1. The lowest BCUT2D eigenvalue weighted by molar-refractivity contribution is 0.341. The largest absolute Gasteiger partial charge is 0.353 e. The van der Waals surface area contributed by atoms with Crippen molar-refractivity contribution >= 4 is 5.82 Å². The van der Waals surface area contributed by atoms with E-state index in [4.69, 9.17) is 4.98 Å². The van der Waals surface area contributed by atoms with Crippen LogP contribution >= 0.6 is 0 Å². The molecule has 0 bridgehead atoms. The van der Waals surface area contributed by atoms with E-state index in [-0.39, 0.29) is 0 Å². The smallest absolute Gasteiger partial charge is 0.128 e. The van der Waals surface area contributed by atoms with Crippen LogP contribution in [-0.2, 0) is 6.54 Å². The highest BCUT2D eigenvalue weighted by atomic mass is 15.2. The van der Waals surface area contributed by atoms with E-state index in [1.54, 1.807) is 0 Å². The zero-order chi connectivity index (χ0) is 14.7. The van der Waals surface area contributed by atoms with Gasteiger partial charge in [-0.05, 0) is 49.3 Å². The molecule has 1 N–H and O–H groups in total. The van der Waals surface area contributed by atoms with Gasteiger partial charge in [0.1, 0.15) is 5.82 Å². The zero-order valence-electron chi connectivity index (χ0n) is 13.5. The van der Waals surface area contributed by atoms with Gasteiger partial charge >= 0.3 is 0 Å². The molecule has 3 heteroatoms. The molecule has 2 unspecified atom stereocenters. The van der Waals surface area contributed by atoms with E-state index >= 15 is 0 Å². The van der Waals surface area contributed by atoms with E-state index in [0.29, 0.717) is 5.92 Å². The van der Waals surface area contributed by atoms with E-state index in [2.05, 4.69) is 42.4 Å². The van der Waals surface area contributed by atoms with E-state index in [1.165, 1.54) is 50.0 Å². The van der Waals surface area contributed by atoms with Crippen molar-refractivity contribution in [2.45, 2.75) is 58.5 Å². The summed E-state index contributed by atoms with van der Waals surface area (Å²) in [5.74, 6) is 2.81. The van der Waals surface area contributed by atoms with Crippen LogP contribution in [0, 0.1) is 11.8 Å². The van der Waals surface area contributed by atoms with Crippen molar-refractivity contribution in [3.8, 4) is 0 Å². The van der Waals surface area contributed by atoms with Gasteiger partial charge in [0.25, 0.3) is 0 Å². The summed E-state index contributed by atoms with van der Waals surface area (Å²) in [6.45, 7) is 7.67. The van der Waals surface area contributed by atoms with Crippen LogP contribution in [0.2, 0.25) is 0 Å². The molecule has 1 aliphatic heterocycles. The van der Waals surface area contributed by atoms with Crippen molar-refractivity contribution in [1.82, 2.24) is 10.3 Å². The number of hydrogen-bond acceptors (Lipinski definition) is 3. The van der Waals surface area contributed by atoms with Gasteiger partial charge in [-0.25, -0.2) is 4.98 Å². The number of aromatic nitrogens is 1. The molecule has 0 spiro atoms. The van der Waals surface area contributed by atoms with Crippen LogP contribution in [0.5, 0.6) is 0 Å². The maximum atomic E-state index is 4.74. The first kappa shape index (κ1) is 14.8. The summed E-state index contributed by atoms with van der Waals surface area (Å²) in [5, 5.41) is 3.48. The number of rotatable bonds is 5. The van der Waals surface area contributed by atoms with E-state index in [0.717, 1.165) is 25.0 Å². The molecule has 0 amide bonds. The molecule has 0 aromatic carbocycles. The minimum atomic E-state index is 0.699. The summed E-state index contributed by atoms with van der Waals surface area (Å²) in [4.78, 5) is 7.30. The van der Waals surface area contributed by atoms with Crippen molar-refractivity contribution in [3.05, 3.63) is 23.9 Å². The van der Waals surface area contributed by atoms with Gasteiger partial charge in [0, 0.05) is 25.3 Å². The fraction of sp³-hybridized carbons (Fsp3) is 0.722. The summed E-state index contributed by atoms with van der Waals surface area (Å²) in [6.07, 6.45) is 9.04. The molecule has 1 saturated heterocycles. The Labute approximate surface area is 129 Å². The van der Waals surface area contributed by atoms with Crippen molar-refractivity contribution in [2.24, 2.45) is 11.8 Å². The SMILES string of the molecule is CC(C)CNCc1ccc(N2CCC3CCCCC32)nc1. The van der Waals surface area contributed by atoms with Crippen molar-refractivity contribution < 1.29 is 0 Å². The third-order valence-corrected chi connectivity index (χ3v) is 5.00. The zero-order valence-corrected chi connectivity index (χ0v) is 13.5. The summed E-state index contributed by atoms with van der Waals surface area (Å²) < 4.78 is 0. The second-order valence-electron chi connectivity index (χ2n) is 7.14. The molecule has 0 radical (unpaired) electrons. The standard InChI is InChI=1S/C18H29N3/c1-14(2)11-19-12-15-7-8-18(20-13-15)21-10-9-16-5-3-4-6-17(16)21/h7-8,13-14,16-17,19H,3-6,9-12H2,1-2H3. The number of fused-ring (bicyclic) bond motifs is 1. The Morgan fingerprint density at radius 3 is 2.86 bits per heavy atom. The molecule has 2 aliphatic rings. The Balaban J connectivity index is 1.59. The third kappa shape index (κ3) is 3.57. The van der Waals surface area contributed by atoms with Crippen LogP contribution in [0.3, 0.4) is 0 Å². The van der Waals surface area contributed by atoms with Gasteiger partial charge in [-0.15, -0.1) is 0 Å². The number of anilines is 1. The Hall–Kier alpha value is -1.09. The Bertz CT molecular complexity index is 440. The normalized spacial score (nSPS) is 25.4. The quantitative estimate of drug-likeness (QED) is 0.897. The molecule has 1 saturated carbocycles. The summed E-state index contributed by atoms with van der Waals surface area (Å²) in [6, 6.07) is 5.23.